The Morgan fingerprint density at radius 3 is 2.59 bits per heavy atom. The summed E-state index contributed by atoms with van der Waals surface area (Å²) in [7, 11) is 0. The molecule has 1 rings (SSSR count). The lowest BCUT2D eigenvalue weighted by Crippen LogP contribution is -2.47. The Balaban J connectivity index is 2.68. The first-order chi connectivity index (χ1) is 7.80. The monoisotopic (exact) mass is 268 g/mol. The number of aromatic nitrogens is 1. The van der Waals surface area contributed by atoms with Gasteiger partial charge in [0.15, 0.2) is 0 Å². The zero-order valence-corrected chi connectivity index (χ0v) is 9.01. The van der Waals surface area contributed by atoms with Crippen molar-refractivity contribution in [3.05, 3.63) is 16.6 Å². The topological polar surface area (TPSA) is 79.3 Å². The molecule has 2 N–H and O–H groups in total. The van der Waals surface area contributed by atoms with Crippen molar-refractivity contribution in [1.29, 1.82) is 0 Å². The maximum absolute atomic E-state index is 11.9. The van der Waals surface area contributed by atoms with Gasteiger partial charge >= 0.3 is 18.1 Å². The van der Waals surface area contributed by atoms with E-state index in [-0.39, 0.29) is 6.42 Å². The van der Waals surface area contributed by atoms with E-state index in [1.54, 1.807) is 0 Å². The molecule has 1 aromatic heterocycles. The van der Waals surface area contributed by atoms with Crippen LogP contribution in [-0.4, -0.2) is 34.2 Å². The maximum Gasteiger partial charge on any atom is 0.471 e. The average molecular weight is 268 g/mol. The molecule has 1 heterocycles. The lowest BCUT2D eigenvalue weighted by atomic mass is 10.2. The average Bonchev–Trinajstić information content (AvgIpc) is 2.67. The fourth-order valence-electron chi connectivity index (χ4n) is 0.984. The summed E-state index contributed by atoms with van der Waals surface area (Å²) in [4.78, 5) is 25.4. The second-order valence-corrected chi connectivity index (χ2v) is 4.00. The number of carbonyl (C=O) groups excluding carboxylic acids is 1. The molecule has 0 saturated heterocycles. The van der Waals surface area contributed by atoms with E-state index < -0.39 is 24.1 Å². The SMILES string of the molecule is O=C(O)[C@H](Cc1cncs1)NC(=O)C(F)(F)F. The van der Waals surface area contributed by atoms with E-state index in [9.17, 15) is 22.8 Å². The highest BCUT2D eigenvalue weighted by molar-refractivity contribution is 7.09. The molecule has 9 heteroatoms. The minimum atomic E-state index is -5.10. The van der Waals surface area contributed by atoms with Gasteiger partial charge in [-0.25, -0.2) is 4.79 Å². The van der Waals surface area contributed by atoms with Crippen molar-refractivity contribution in [2.45, 2.75) is 18.6 Å². The standard InChI is InChI=1S/C8H7F3N2O3S/c9-8(10,11)7(16)13-5(6(14)15)1-4-2-12-3-17-4/h2-3,5H,1H2,(H,13,16)(H,14,15)/t5-/m0/s1. The Morgan fingerprint density at radius 2 is 2.18 bits per heavy atom. The van der Waals surface area contributed by atoms with Crippen LogP contribution in [0.15, 0.2) is 11.7 Å². The van der Waals surface area contributed by atoms with E-state index in [1.807, 2.05) is 0 Å². The summed E-state index contributed by atoms with van der Waals surface area (Å²) < 4.78 is 35.8. The number of nitrogens with one attached hydrogen (secondary N) is 1. The number of nitrogens with zero attached hydrogens (tertiary/aromatic N) is 1. The van der Waals surface area contributed by atoms with Crippen LogP contribution in [0.1, 0.15) is 4.88 Å². The van der Waals surface area contributed by atoms with Crippen LogP contribution in [0.2, 0.25) is 0 Å². The van der Waals surface area contributed by atoms with Crippen LogP contribution in [0.5, 0.6) is 0 Å². The third-order valence-corrected chi connectivity index (χ3v) is 2.55. The summed E-state index contributed by atoms with van der Waals surface area (Å²) in [5.74, 6) is -3.80. The van der Waals surface area contributed by atoms with Crippen LogP contribution in [0.3, 0.4) is 0 Å². The van der Waals surface area contributed by atoms with Gasteiger partial charge in [0.2, 0.25) is 0 Å². The molecule has 0 aliphatic carbocycles. The first-order valence-electron chi connectivity index (χ1n) is 4.28. The number of hydrogen-bond acceptors (Lipinski definition) is 4. The van der Waals surface area contributed by atoms with Gasteiger partial charge in [-0.3, -0.25) is 9.78 Å². The fourth-order valence-corrected chi connectivity index (χ4v) is 1.63. The van der Waals surface area contributed by atoms with Crippen molar-refractivity contribution in [2.75, 3.05) is 0 Å². The van der Waals surface area contributed by atoms with Gasteiger partial charge < -0.3 is 10.4 Å². The number of amides is 1. The van der Waals surface area contributed by atoms with E-state index in [0.717, 1.165) is 11.3 Å². The molecule has 1 atom stereocenters. The Hall–Kier alpha value is -1.64. The van der Waals surface area contributed by atoms with Crippen molar-refractivity contribution >= 4 is 23.2 Å². The van der Waals surface area contributed by atoms with E-state index in [2.05, 4.69) is 4.98 Å². The Morgan fingerprint density at radius 1 is 1.53 bits per heavy atom. The lowest BCUT2D eigenvalue weighted by Gasteiger charge is -2.14. The molecule has 0 unspecified atom stereocenters. The molecule has 1 aromatic rings. The minimum absolute atomic E-state index is 0.234. The molecule has 1 amide bonds. The summed E-state index contributed by atoms with van der Waals surface area (Å²) in [6.07, 6.45) is -4.00. The molecule has 5 nitrogen and oxygen atoms in total. The Bertz CT molecular complexity index is 405. The third-order valence-electron chi connectivity index (χ3n) is 1.75. The maximum atomic E-state index is 11.9. The highest BCUT2D eigenvalue weighted by Crippen LogP contribution is 2.15. The molecule has 0 spiro atoms. The number of carboxylic acid groups (broad SMARTS) is 1. The summed E-state index contributed by atoms with van der Waals surface area (Å²) >= 11 is 1.10. The lowest BCUT2D eigenvalue weighted by molar-refractivity contribution is -0.175. The van der Waals surface area contributed by atoms with Crippen LogP contribution in [0, 0.1) is 0 Å². The molecule has 0 aliphatic heterocycles. The predicted octanol–water partition coefficient (Wildman–Crippen LogP) is 0.817. The van der Waals surface area contributed by atoms with Crippen molar-refractivity contribution in [3.63, 3.8) is 0 Å². The molecule has 0 saturated carbocycles. The van der Waals surface area contributed by atoms with E-state index in [4.69, 9.17) is 5.11 Å². The number of rotatable bonds is 4. The van der Waals surface area contributed by atoms with Crippen molar-refractivity contribution < 1.29 is 27.9 Å². The highest BCUT2D eigenvalue weighted by atomic mass is 32.1. The molecular formula is C8H7F3N2O3S. The van der Waals surface area contributed by atoms with Gasteiger partial charge in [0.05, 0.1) is 5.51 Å². The predicted molar refractivity (Wildman–Crippen MR) is 51.4 cm³/mol. The van der Waals surface area contributed by atoms with Crippen molar-refractivity contribution in [1.82, 2.24) is 10.3 Å². The Labute approximate surface area is 97.3 Å². The summed E-state index contributed by atoms with van der Waals surface area (Å²) in [5.41, 5.74) is 1.42. The molecular weight excluding hydrogens is 261 g/mol. The largest absolute Gasteiger partial charge is 0.480 e. The first-order valence-corrected chi connectivity index (χ1v) is 5.16. The zero-order chi connectivity index (χ0) is 13.1. The van der Waals surface area contributed by atoms with Gasteiger partial charge in [-0.05, 0) is 0 Å². The number of alkyl halides is 3. The van der Waals surface area contributed by atoms with Crippen LogP contribution >= 0.6 is 11.3 Å². The number of thiazole rings is 1. The van der Waals surface area contributed by atoms with Crippen LogP contribution < -0.4 is 5.32 Å². The van der Waals surface area contributed by atoms with Crippen molar-refractivity contribution in [3.8, 4) is 0 Å². The first kappa shape index (κ1) is 13.4. The zero-order valence-electron chi connectivity index (χ0n) is 8.19. The van der Waals surface area contributed by atoms with Gasteiger partial charge in [-0.15, -0.1) is 11.3 Å². The van der Waals surface area contributed by atoms with Gasteiger partial charge in [0, 0.05) is 17.5 Å². The second-order valence-electron chi connectivity index (χ2n) is 3.03. The van der Waals surface area contributed by atoms with E-state index in [1.165, 1.54) is 17.0 Å². The summed E-state index contributed by atoms with van der Waals surface area (Å²) in [6.45, 7) is 0. The molecule has 0 aliphatic rings. The number of carbonyl (C=O) groups is 2. The number of hydrogen-bond donors (Lipinski definition) is 2. The van der Waals surface area contributed by atoms with E-state index >= 15 is 0 Å². The second kappa shape index (κ2) is 5.13. The molecule has 0 fully saturated rings. The summed E-state index contributed by atoms with van der Waals surface area (Å²) in [6, 6.07) is -1.62. The molecule has 0 radical (unpaired) electrons. The normalized spacial score (nSPS) is 13.1. The van der Waals surface area contributed by atoms with E-state index in [0.29, 0.717) is 4.88 Å². The van der Waals surface area contributed by atoms with Crippen molar-refractivity contribution in [2.24, 2.45) is 0 Å². The molecule has 0 bridgehead atoms. The number of aliphatic carboxylic acids is 1. The number of carboxylic acids is 1. The van der Waals surface area contributed by atoms with Crippen LogP contribution in [0.25, 0.3) is 0 Å². The smallest absolute Gasteiger partial charge is 0.471 e. The van der Waals surface area contributed by atoms with Gasteiger partial charge in [-0.2, -0.15) is 13.2 Å². The Kier molecular flexibility index (Phi) is 4.05. The van der Waals surface area contributed by atoms with Gasteiger partial charge in [0.25, 0.3) is 0 Å². The minimum Gasteiger partial charge on any atom is -0.480 e. The van der Waals surface area contributed by atoms with Crippen LogP contribution in [-0.2, 0) is 16.0 Å². The molecule has 94 valence electrons. The summed E-state index contributed by atoms with van der Waals surface area (Å²) in [5, 5.41) is 10.1. The van der Waals surface area contributed by atoms with Gasteiger partial charge in [-0.1, -0.05) is 0 Å². The van der Waals surface area contributed by atoms with Crippen LogP contribution in [0.4, 0.5) is 13.2 Å². The third kappa shape index (κ3) is 4.02. The quantitative estimate of drug-likeness (QED) is 0.847. The molecule has 0 aromatic carbocycles. The highest BCUT2D eigenvalue weighted by Gasteiger charge is 2.40. The fraction of sp³-hybridized carbons (Fsp3) is 0.375. The molecule has 17 heavy (non-hydrogen) atoms. The number of halogens is 3. The van der Waals surface area contributed by atoms with Gasteiger partial charge in [0.1, 0.15) is 6.04 Å².